The van der Waals surface area contributed by atoms with Gasteiger partial charge in [-0.25, -0.2) is 19.9 Å². The number of pyridine rings is 4. The molecule has 0 saturated heterocycles. The molecule has 0 radical (unpaired) electrons. The summed E-state index contributed by atoms with van der Waals surface area (Å²) in [4.78, 5) is 19.0. The Hall–Kier alpha value is -6.54. The highest BCUT2D eigenvalue weighted by Gasteiger charge is 2.22. The van der Waals surface area contributed by atoms with Crippen LogP contribution < -0.4 is 0 Å². The van der Waals surface area contributed by atoms with Gasteiger partial charge in [0.1, 0.15) is 33.8 Å². The van der Waals surface area contributed by atoms with Crippen LogP contribution in [0.3, 0.4) is 0 Å². The van der Waals surface area contributed by atoms with Gasteiger partial charge < -0.3 is 8.83 Å². The van der Waals surface area contributed by atoms with Crippen LogP contribution in [-0.2, 0) is 0 Å². The topological polar surface area (TPSA) is 87.7 Å². The Kier molecular flexibility index (Phi) is 4.43. The van der Waals surface area contributed by atoms with Crippen molar-refractivity contribution in [3.05, 3.63) is 122 Å². The molecule has 0 amide bonds. The number of para-hydroxylation sites is 2. The minimum atomic E-state index is 0.771. The number of rotatable bonds is 2. The van der Waals surface area contributed by atoms with Gasteiger partial charge in [0.15, 0.2) is 11.2 Å². The molecule has 0 aliphatic carbocycles. The average Bonchev–Trinajstić information content (AvgIpc) is 3.85. The Morgan fingerprint density at radius 2 is 0.717 bits per heavy atom. The summed E-state index contributed by atoms with van der Waals surface area (Å²) in [7, 11) is 0. The van der Waals surface area contributed by atoms with Gasteiger partial charge in [0.25, 0.3) is 0 Å². The lowest BCUT2D eigenvalue weighted by molar-refractivity contribution is 0.661. The highest BCUT2D eigenvalue weighted by Crippen LogP contribution is 2.42. The number of aromatic nitrogens is 6. The van der Waals surface area contributed by atoms with Crippen LogP contribution >= 0.6 is 0 Å². The van der Waals surface area contributed by atoms with E-state index in [2.05, 4.69) is 81.9 Å². The molecule has 46 heavy (non-hydrogen) atoms. The molecule has 0 aliphatic rings. The van der Waals surface area contributed by atoms with E-state index < -0.39 is 0 Å². The van der Waals surface area contributed by atoms with Gasteiger partial charge in [-0.2, -0.15) is 0 Å². The van der Waals surface area contributed by atoms with Gasteiger partial charge in [-0.05, 0) is 72.8 Å². The van der Waals surface area contributed by atoms with E-state index in [9.17, 15) is 0 Å². The molecule has 3 aromatic carbocycles. The zero-order chi connectivity index (χ0) is 29.9. The van der Waals surface area contributed by atoms with Gasteiger partial charge >= 0.3 is 0 Å². The van der Waals surface area contributed by atoms with Crippen molar-refractivity contribution < 1.29 is 8.83 Å². The SMILES string of the molecule is c1cc(-n2c3ncccc3c3cccnc32)c2oc3cc4c(cc3c2c1)oc1c(-n2c3ncccc3c3cccnc32)cccc14. The molecule has 0 aliphatic heterocycles. The van der Waals surface area contributed by atoms with Crippen LogP contribution in [0.25, 0.3) is 99.4 Å². The lowest BCUT2D eigenvalue weighted by Crippen LogP contribution is -1.97. The number of benzene rings is 3. The predicted octanol–water partition coefficient (Wildman–Crippen LogP) is 9.26. The monoisotopic (exact) mass is 592 g/mol. The largest absolute Gasteiger partial charge is 0.454 e. The van der Waals surface area contributed by atoms with Crippen LogP contribution in [0.15, 0.2) is 131 Å². The number of fused-ring (bicyclic) bond motifs is 12. The van der Waals surface area contributed by atoms with E-state index >= 15 is 0 Å². The average molecular weight is 593 g/mol. The third kappa shape index (κ3) is 2.97. The highest BCUT2D eigenvalue weighted by atomic mass is 16.3. The summed E-state index contributed by atoms with van der Waals surface area (Å²) in [5.41, 5.74) is 8.24. The van der Waals surface area contributed by atoms with Gasteiger partial charge in [-0.15, -0.1) is 0 Å². The maximum absolute atomic E-state index is 6.71. The first-order valence-corrected chi connectivity index (χ1v) is 15.0. The number of hydrogen-bond donors (Lipinski definition) is 0. The summed E-state index contributed by atoms with van der Waals surface area (Å²) in [6.45, 7) is 0. The molecule has 8 heterocycles. The molecular weight excluding hydrogens is 572 g/mol. The van der Waals surface area contributed by atoms with Crippen molar-refractivity contribution in [1.29, 1.82) is 0 Å². The molecule has 8 aromatic heterocycles. The molecule has 11 rings (SSSR count). The fourth-order valence-corrected chi connectivity index (χ4v) is 7.21. The minimum absolute atomic E-state index is 0.771. The maximum atomic E-state index is 6.71. The quantitative estimate of drug-likeness (QED) is 0.199. The Bertz CT molecular complexity index is 2740. The van der Waals surface area contributed by atoms with Gasteiger partial charge in [0.2, 0.25) is 0 Å². The Morgan fingerprint density at radius 1 is 0.370 bits per heavy atom. The fraction of sp³-hybridized carbons (Fsp3) is 0. The molecule has 8 nitrogen and oxygen atoms in total. The smallest absolute Gasteiger partial charge is 0.159 e. The first-order valence-electron chi connectivity index (χ1n) is 15.0. The Balaban J connectivity index is 1.18. The van der Waals surface area contributed by atoms with Crippen LogP contribution in [0.5, 0.6) is 0 Å². The summed E-state index contributed by atoms with van der Waals surface area (Å²) in [6, 6.07) is 32.8. The van der Waals surface area contributed by atoms with E-state index in [0.717, 1.165) is 99.4 Å². The van der Waals surface area contributed by atoms with Gasteiger partial charge in [-0.1, -0.05) is 24.3 Å². The lowest BCUT2D eigenvalue weighted by atomic mass is 10.1. The van der Waals surface area contributed by atoms with Crippen molar-refractivity contribution in [2.75, 3.05) is 0 Å². The summed E-state index contributed by atoms with van der Waals surface area (Å²) in [6.07, 6.45) is 7.26. The van der Waals surface area contributed by atoms with Crippen molar-refractivity contribution in [3.8, 4) is 11.4 Å². The molecule has 0 atom stereocenters. The van der Waals surface area contributed by atoms with Crippen LogP contribution in [-0.4, -0.2) is 29.1 Å². The summed E-state index contributed by atoms with van der Waals surface area (Å²) in [5.74, 6) is 0. The third-order valence-corrected chi connectivity index (χ3v) is 9.13. The van der Waals surface area contributed by atoms with E-state index in [1.165, 1.54) is 0 Å². The van der Waals surface area contributed by atoms with Crippen molar-refractivity contribution in [3.63, 3.8) is 0 Å². The number of hydrogen-bond acceptors (Lipinski definition) is 6. The molecule has 0 saturated carbocycles. The molecule has 0 unspecified atom stereocenters. The fourth-order valence-electron chi connectivity index (χ4n) is 7.21. The summed E-state index contributed by atoms with van der Waals surface area (Å²) >= 11 is 0. The zero-order valence-electron chi connectivity index (χ0n) is 24.0. The molecular formula is C38H20N6O2. The first-order chi connectivity index (χ1) is 22.8. The molecule has 0 N–H and O–H groups in total. The van der Waals surface area contributed by atoms with Crippen LogP contribution in [0.4, 0.5) is 0 Å². The molecule has 11 aromatic rings. The zero-order valence-corrected chi connectivity index (χ0v) is 24.0. The van der Waals surface area contributed by atoms with Crippen molar-refractivity contribution >= 4 is 88.0 Å². The van der Waals surface area contributed by atoms with Crippen LogP contribution in [0, 0.1) is 0 Å². The van der Waals surface area contributed by atoms with E-state index in [1.54, 1.807) is 0 Å². The van der Waals surface area contributed by atoms with E-state index in [4.69, 9.17) is 28.8 Å². The second-order valence-electron chi connectivity index (χ2n) is 11.5. The minimum Gasteiger partial charge on any atom is -0.454 e. The first kappa shape index (κ1) is 23.9. The predicted molar refractivity (Wildman–Crippen MR) is 181 cm³/mol. The van der Waals surface area contributed by atoms with Crippen LogP contribution in [0.1, 0.15) is 0 Å². The number of nitrogens with zero attached hydrogens (tertiary/aromatic N) is 6. The normalized spacial score (nSPS) is 12.3. The van der Waals surface area contributed by atoms with E-state index in [0.29, 0.717) is 0 Å². The second-order valence-corrected chi connectivity index (χ2v) is 11.5. The van der Waals surface area contributed by atoms with E-state index in [1.807, 2.05) is 49.1 Å². The van der Waals surface area contributed by atoms with Gasteiger partial charge in [-0.3, -0.25) is 9.13 Å². The standard InChI is InChI=1S/C38H20N6O2/c1-7-21-27-19-32-28(20-31(27)45-33(21)29(13-1)43-35-23(9-3-15-39-35)24-10-4-16-40-36(24)43)22-8-2-14-30(34(22)46-32)44-37-25(11-5-17-41-37)26-12-6-18-42-38(26)44/h1-20H. The molecule has 0 fully saturated rings. The molecule has 214 valence electrons. The van der Waals surface area contributed by atoms with Crippen molar-refractivity contribution in [1.82, 2.24) is 29.1 Å². The second kappa shape index (κ2) is 8.55. The third-order valence-electron chi connectivity index (χ3n) is 9.13. The summed E-state index contributed by atoms with van der Waals surface area (Å²) in [5, 5.41) is 8.14. The highest BCUT2D eigenvalue weighted by molar-refractivity contribution is 6.18. The Labute approximate surface area is 258 Å². The Morgan fingerprint density at radius 3 is 1.09 bits per heavy atom. The van der Waals surface area contributed by atoms with Crippen LogP contribution in [0.2, 0.25) is 0 Å². The lowest BCUT2D eigenvalue weighted by Gasteiger charge is -2.06. The maximum Gasteiger partial charge on any atom is 0.159 e. The molecule has 8 heteroatoms. The number of furan rings is 2. The van der Waals surface area contributed by atoms with Gasteiger partial charge in [0, 0.05) is 67.9 Å². The molecule has 0 bridgehead atoms. The van der Waals surface area contributed by atoms with Crippen molar-refractivity contribution in [2.24, 2.45) is 0 Å². The summed E-state index contributed by atoms with van der Waals surface area (Å²) < 4.78 is 17.6. The molecule has 0 spiro atoms. The van der Waals surface area contributed by atoms with Crippen molar-refractivity contribution in [2.45, 2.75) is 0 Å². The van der Waals surface area contributed by atoms with E-state index in [-0.39, 0.29) is 0 Å². The van der Waals surface area contributed by atoms with Gasteiger partial charge in [0.05, 0.1) is 11.4 Å².